The van der Waals surface area contributed by atoms with Gasteiger partial charge in [0.05, 0.1) is 23.7 Å². The molecule has 0 fully saturated rings. The number of carbonyl (C=O) groups excluding carboxylic acids is 2. The number of carboxylic acid groups (broad SMARTS) is 1. The largest absolute Gasteiger partial charge is 0.481 e. The molecule has 5 aromatic rings. The third-order valence-electron chi connectivity index (χ3n) is 5.86. The maximum Gasteiger partial charge on any atom is 0.307 e. The van der Waals surface area contributed by atoms with E-state index in [1.54, 1.807) is 55.0 Å². The molecule has 0 aliphatic heterocycles. The van der Waals surface area contributed by atoms with Crippen molar-refractivity contribution in [3.05, 3.63) is 142 Å². The van der Waals surface area contributed by atoms with Crippen LogP contribution in [0.4, 0.5) is 0 Å². The minimum atomic E-state index is -0.847. The lowest BCUT2D eigenvalue weighted by atomic mass is 10.1. The summed E-state index contributed by atoms with van der Waals surface area (Å²) >= 11 is 4.99. The van der Waals surface area contributed by atoms with E-state index in [1.807, 2.05) is 44.2 Å². The lowest BCUT2D eigenvalue weighted by molar-refractivity contribution is -0.136. The average Bonchev–Trinajstić information content (AvgIpc) is 3.70. The number of nitrogens with two attached hydrogens (primary N) is 1. The number of alkyl halides is 1. The molecule has 0 spiro atoms. The van der Waals surface area contributed by atoms with Crippen molar-refractivity contribution >= 4 is 29.3 Å². The highest BCUT2D eigenvalue weighted by Crippen LogP contribution is 2.21. The molecule has 0 unspecified atom stereocenters. The zero-order chi connectivity index (χ0) is 35.5. The van der Waals surface area contributed by atoms with Crippen LogP contribution in [0.2, 0.25) is 0 Å². The van der Waals surface area contributed by atoms with Gasteiger partial charge in [0.25, 0.3) is 0 Å². The van der Waals surface area contributed by atoms with Crippen LogP contribution in [0, 0.1) is 27.0 Å². The summed E-state index contributed by atoms with van der Waals surface area (Å²) in [6, 6.07) is 21.7. The number of benzene rings is 3. The molecular weight excluding hydrogens is 670 g/mol. The molecule has 0 bridgehead atoms. The van der Waals surface area contributed by atoms with Crippen molar-refractivity contribution in [1.29, 1.82) is 0 Å². The number of carbonyl (C=O) groups is 3. The van der Waals surface area contributed by atoms with Crippen molar-refractivity contribution in [2.45, 2.75) is 62.6 Å². The van der Waals surface area contributed by atoms with Gasteiger partial charge in [-0.1, -0.05) is 58.7 Å². The fourth-order valence-corrected chi connectivity index (χ4v) is 3.77. The second-order valence-corrected chi connectivity index (χ2v) is 10.4. The van der Waals surface area contributed by atoms with E-state index in [-0.39, 0.29) is 40.4 Å². The van der Waals surface area contributed by atoms with Crippen molar-refractivity contribution < 1.29 is 28.3 Å². The third-order valence-corrected chi connectivity index (χ3v) is 6.24. The van der Waals surface area contributed by atoms with Gasteiger partial charge in [0.2, 0.25) is 30.8 Å². The number of halogens is 1. The van der Waals surface area contributed by atoms with Crippen LogP contribution in [-0.2, 0) is 29.1 Å². The van der Waals surface area contributed by atoms with Crippen LogP contribution in [-0.4, -0.2) is 38.6 Å². The highest BCUT2D eigenvalue weighted by Gasteiger charge is 2.08. The van der Waals surface area contributed by atoms with E-state index in [1.165, 1.54) is 6.92 Å². The Balaban J connectivity index is 0. The molecule has 0 saturated heterocycles. The number of aryl methyl sites for hydroxylation is 2. The van der Waals surface area contributed by atoms with Crippen LogP contribution in [0.15, 0.2) is 94.2 Å². The van der Waals surface area contributed by atoms with Gasteiger partial charge in [0, 0.05) is 27.8 Å². The van der Waals surface area contributed by atoms with Crippen LogP contribution >= 0.6 is 11.6 Å². The summed E-state index contributed by atoms with van der Waals surface area (Å²) in [5.41, 5.74) is 11.4. The first-order valence-corrected chi connectivity index (χ1v) is 14.8. The monoisotopic (exact) mass is 715 g/mol. The minimum absolute atomic E-state index is 0. The molecule has 270 valence electrons. The van der Waals surface area contributed by atoms with Crippen molar-refractivity contribution in [1.82, 2.24) is 9.97 Å². The van der Waals surface area contributed by atoms with E-state index in [0.717, 1.165) is 39.2 Å². The van der Waals surface area contributed by atoms with E-state index in [9.17, 15) is 14.4 Å². The minimum Gasteiger partial charge on any atom is -0.481 e. The number of rotatable bonds is 8. The number of oxazole rings is 2. The zero-order valence-electron chi connectivity index (χ0n) is 26.6. The molecule has 0 atom stereocenters. The molecule has 51 heavy (non-hydrogen) atoms. The standard InChI is InChI=1S/C12H10N2O.C12H11NO3.C9H8N2O.C3H5ClO.3CH4/c1-9-8-15-12(14-9)11-5-3-4-10(6-11)7-13-2;1-8-7-16-12(13-8)10-4-2-3-9(5-10)6-11(14)15;1-11-6-7-3-2-4-8(5-7)9(10)12;1-3(5)2-4;;;/h3-6,8H,7H2,1H3;2-5,7H,6H2,1H3,(H,14,15);2-5H,6H2,(H2,10,12);2H2,1H3;3*1H4. The summed E-state index contributed by atoms with van der Waals surface area (Å²) < 4.78 is 10.5. The highest BCUT2D eigenvalue weighted by molar-refractivity contribution is 6.27. The molecule has 1 amide bonds. The van der Waals surface area contributed by atoms with E-state index < -0.39 is 11.9 Å². The maximum absolute atomic E-state index is 10.7. The SMILES string of the molecule is C.C.C.CC(=O)CCl.Cc1coc(-c2cccc(CC(=O)O)c2)n1.[C-]#[N+]Cc1cccc(-c2nc(C)co2)c1.[C-]#[N+]Cc1cccc(C(N)=O)c1. The summed E-state index contributed by atoms with van der Waals surface area (Å²) in [5.74, 6) is -0.0155. The first kappa shape index (κ1) is 47.1. The summed E-state index contributed by atoms with van der Waals surface area (Å²) in [7, 11) is 0. The van der Waals surface area contributed by atoms with Gasteiger partial charge in [0.1, 0.15) is 18.3 Å². The summed E-state index contributed by atoms with van der Waals surface area (Å²) in [5, 5.41) is 8.69. The molecule has 12 heteroatoms. The predicted octanol–water partition coefficient (Wildman–Crippen LogP) is 9.27. The van der Waals surface area contributed by atoms with E-state index in [4.69, 9.17) is 44.4 Å². The van der Waals surface area contributed by atoms with Gasteiger partial charge in [-0.3, -0.25) is 14.4 Å². The van der Waals surface area contributed by atoms with Crippen LogP contribution < -0.4 is 5.73 Å². The molecule has 0 radical (unpaired) electrons. The van der Waals surface area contributed by atoms with Crippen molar-refractivity contribution in [3.63, 3.8) is 0 Å². The Kier molecular flexibility index (Phi) is 23.1. The number of carboxylic acids is 1. The fraction of sp³-hybridized carbons (Fsp3) is 0.256. The van der Waals surface area contributed by atoms with Gasteiger partial charge < -0.3 is 29.4 Å². The maximum atomic E-state index is 10.7. The molecule has 0 aliphatic carbocycles. The molecule has 3 N–H and O–H groups in total. The first-order chi connectivity index (χ1) is 22.9. The number of aromatic nitrogens is 2. The molecule has 2 aromatic heterocycles. The molecular formula is C39H46ClN5O6. The Morgan fingerprint density at radius 2 is 1.18 bits per heavy atom. The second-order valence-electron chi connectivity index (χ2n) is 10.1. The lowest BCUT2D eigenvalue weighted by Gasteiger charge is -1.99. The lowest BCUT2D eigenvalue weighted by Crippen LogP contribution is -2.10. The normalized spacial score (nSPS) is 8.98. The quantitative estimate of drug-likeness (QED) is 0.119. The first-order valence-electron chi connectivity index (χ1n) is 14.3. The Morgan fingerprint density at radius 1 is 0.765 bits per heavy atom. The number of hydrogen-bond donors (Lipinski definition) is 2. The summed E-state index contributed by atoms with van der Waals surface area (Å²) in [6.45, 7) is 19.3. The number of hydrogen-bond acceptors (Lipinski definition) is 7. The Labute approximate surface area is 305 Å². The van der Waals surface area contributed by atoms with Crippen LogP contribution in [0.1, 0.15) is 67.6 Å². The van der Waals surface area contributed by atoms with Crippen LogP contribution in [0.3, 0.4) is 0 Å². The van der Waals surface area contributed by atoms with E-state index in [2.05, 4.69) is 19.7 Å². The van der Waals surface area contributed by atoms with Crippen molar-refractivity contribution in [2.24, 2.45) is 5.73 Å². The zero-order valence-corrected chi connectivity index (χ0v) is 27.4. The Bertz CT molecular complexity index is 1900. The summed E-state index contributed by atoms with van der Waals surface area (Å²) in [6.07, 6.45) is 3.20. The molecule has 0 aliphatic rings. The number of amides is 1. The van der Waals surface area contributed by atoms with Crippen molar-refractivity contribution in [2.75, 3.05) is 5.88 Å². The third kappa shape index (κ3) is 17.8. The van der Waals surface area contributed by atoms with Crippen LogP contribution in [0.5, 0.6) is 0 Å². The topological polar surface area (TPSA) is 158 Å². The highest BCUT2D eigenvalue weighted by atomic mass is 35.5. The number of Topliss-reactive ketones (excluding diaryl/α,β-unsaturated/α-hetero) is 1. The molecule has 5 rings (SSSR count). The van der Waals surface area contributed by atoms with Gasteiger partial charge in [-0.25, -0.2) is 23.1 Å². The average molecular weight is 716 g/mol. The smallest absolute Gasteiger partial charge is 0.307 e. The van der Waals surface area contributed by atoms with Crippen molar-refractivity contribution in [3.8, 4) is 22.9 Å². The van der Waals surface area contributed by atoms with E-state index >= 15 is 0 Å². The Morgan fingerprint density at radius 3 is 1.55 bits per heavy atom. The molecule has 2 heterocycles. The van der Waals surface area contributed by atoms with Gasteiger partial charge >= 0.3 is 5.97 Å². The van der Waals surface area contributed by atoms with Gasteiger partial charge in [-0.15, -0.1) is 11.6 Å². The fourth-order valence-electron chi connectivity index (χ4n) is 3.77. The van der Waals surface area contributed by atoms with Gasteiger partial charge in [-0.05, 0) is 62.7 Å². The summed E-state index contributed by atoms with van der Waals surface area (Å²) in [4.78, 5) is 45.9. The number of primary amides is 1. The van der Waals surface area contributed by atoms with Gasteiger partial charge in [0.15, 0.2) is 0 Å². The Hall–Kier alpha value is -6.04. The molecule has 3 aromatic carbocycles. The van der Waals surface area contributed by atoms with Gasteiger partial charge in [-0.2, -0.15) is 0 Å². The second kappa shape index (κ2) is 25.0. The van der Waals surface area contributed by atoms with E-state index in [0.29, 0.717) is 30.4 Å². The number of aliphatic carboxylic acids is 1. The number of ketones is 1. The van der Waals surface area contributed by atoms with Crippen LogP contribution in [0.25, 0.3) is 32.6 Å². The molecule has 11 nitrogen and oxygen atoms in total. The number of nitrogens with zero attached hydrogens (tertiary/aromatic N) is 4. The predicted molar refractivity (Wildman–Crippen MR) is 202 cm³/mol. The molecule has 0 saturated carbocycles.